The van der Waals surface area contributed by atoms with Gasteiger partial charge in [-0.25, -0.2) is 0 Å². The smallest absolute Gasteiger partial charge is 0.0437 e. The van der Waals surface area contributed by atoms with Crippen LogP contribution in [0.4, 0.5) is 0 Å². The first-order valence-corrected chi connectivity index (χ1v) is 7.77. The molecular weight excluding hydrogens is 232 g/mol. The molecule has 2 heteroatoms. The van der Waals surface area contributed by atoms with Crippen molar-refractivity contribution in [3.05, 3.63) is 35.9 Å². The van der Waals surface area contributed by atoms with Crippen molar-refractivity contribution in [2.75, 3.05) is 13.1 Å². The van der Waals surface area contributed by atoms with Crippen LogP contribution in [0.1, 0.15) is 44.1 Å². The van der Waals surface area contributed by atoms with E-state index in [9.17, 15) is 0 Å². The largest absolute Gasteiger partial charge is 0.323 e. The van der Waals surface area contributed by atoms with Gasteiger partial charge in [-0.05, 0) is 50.3 Å². The highest BCUT2D eigenvalue weighted by atomic mass is 15.3. The molecule has 1 aliphatic carbocycles. The van der Waals surface area contributed by atoms with Gasteiger partial charge >= 0.3 is 0 Å². The average Bonchev–Trinajstić information content (AvgIpc) is 3.27. The Morgan fingerprint density at radius 1 is 1.16 bits per heavy atom. The van der Waals surface area contributed by atoms with Crippen LogP contribution in [-0.4, -0.2) is 29.1 Å². The van der Waals surface area contributed by atoms with Crippen LogP contribution in [0, 0.1) is 5.92 Å². The fraction of sp³-hybridized carbons (Fsp3) is 0.647. The number of nitrogens with zero attached hydrogens (tertiary/aromatic N) is 1. The minimum atomic E-state index is -0.00907. The SMILES string of the molecule is C[C@H](c1ccccc1)C1(N)C2CCN(CC2)C12CC2. The van der Waals surface area contributed by atoms with E-state index in [0.29, 0.717) is 11.5 Å². The highest BCUT2D eigenvalue weighted by Crippen LogP contribution is 2.62. The zero-order chi connectivity index (χ0) is 13.1. The van der Waals surface area contributed by atoms with Crippen molar-refractivity contribution in [2.24, 2.45) is 11.7 Å². The maximum atomic E-state index is 7.12. The highest BCUT2D eigenvalue weighted by Gasteiger charge is 2.69. The van der Waals surface area contributed by atoms with Crippen molar-refractivity contribution in [1.29, 1.82) is 0 Å². The summed E-state index contributed by atoms with van der Waals surface area (Å²) in [6.07, 6.45) is 5.24. The van der Waals surface area contributed by atoms with E-state index in [2.05, 4.69) is 42.2 Å². The molecule has 3 saturated heterocycles. The first kappa shape index (κ1) is 11.9. The molecule has 1 aromatic carbocycles. The number of fused-ring (bicyclic) bond motifs is 2. The summed E-state index contributed by atoms with van der Waals surface area (Å²) in [6, 6.07) is 10.9. The third-order valence-corrected chi connectivity index (χ3v) is 6.32. The van der Waals surface area contributed by atoms with Crippen LogP contribution in [0.25, 0.3) is 0 Å². The van der Waals surface area contributed by atoms with Crippen molar-refractivity contribution in [1.82, 2.24) is 4.90 Å². The van der Waals surface area contributed by atoms with E-state index >= 15 is 0 Å². The summed E-state index contributed by atoms with van der Waals surface area (Å²) in [6.45, 7) is 4.92. The molecule has 1 saturated carbocycles. The van der Waals surface area contributed by atoms with Gasteiger partial charge in [0.1, 0.15) is 0 Å². The minimum Gasteiger partial charge on any atom is -0.323 e. The topological polar surface area (TPSA) is 29.3 Å². The molecule has 102 valence electrons. The molecule has 0 amide bonds. The summed E-state index contributed by atoms with van der Waals surface area (Å²) in [5, 5.41) is 0. The van der Waals surface area contributed by atoms with Gasteiger partial charge < -0.3 is 5.73 Å². The highest BCUT2D eigenvalue weighted by molar-refractivity contribution is 5.34. The third-order valence-electron chi connectivity index (χ3n) is 6.32. The predicted molar refractivity (Wildman–Crippen MR) is 78.0 cm³/mol. The first-order chi connectivity index (χ1) is 9.18. The Kier molecular flexibility index (Phi) is 2.40. The van der Waals surface area contributed by atoms with Gasteiger partial charge in [0, 0.05) is 17.0 Å². The lowest BCUT2D eigenvalue weighted by atomic mass is 9.59. The van der Waals surface area contributed by atoms with Crippen LogP contribution in [0.3, 0.4) is 0 Å². The molecule has 0 radical (unpaired) electrons. The van der Waals surface area contributed by atoms with Crippen LogP contribution in [0.5, 0.6) is 0 Å². The molecular formula is C17H24N2. The Morgan fingerprint density at radius 2 is 1.79 bits per heavy atom. The van der Waals surface area contributed by atoms with E-state index in [1.807, 2.05) is 0 Å². The second kappa shape index (κ2) is 3.83. The lowest BCUT2D eigenvalue weighted by Gasteiger charge is -2.61. The van der Waals surface area contributed by atoms with Gasteiger partial charge in [-0.15, -0.1) is 0 Å². The van der Waals surface area contributed by atoms with Crippen LogP contribution in [0.2, 0.25) is 0 Å². The van der Waals surface area contributed by atoms with Gasteiger partial charge in [0.25, 0.3) is 0 Å². The summed E-state index contributed by atoms with van der Waals surface area (Å²) >= 11 is 0. The summed E-state index contributed by atoms with van der Waals surface area (Å²) in [5.41, 5.74) is 8.87. The van der Waals surface area contributed by atoms with Crippen LogP contribution >= 0.6 is 0 Å². The molecule has 2 N–H and O–H groups in total. The van der Waals surface area contributed by atoms with E-state index in [-0.39, 0.29) is 5.54 Å². The number of nitrogens with two attached hydrogens (primary N) is 1. The summed E-state index contributed by atoms with van der Waals surface area (Å²) in [4.78, 5) is 2.71. The molecule has 4 fully saturated rings. The van der Waals surface area contributed by atoms with E-state index in [1.165, 1.54) is 44.3 Å². The first-order valence-electron chi connectivity index (χ1n) is 7.77. The lowest BCUT2D eigenvalue weighted by Crippen LogP contribution is -2.74. The minimum absolute atomic E-state index is 0.00907. The molecule has 2 nitrogen and oxygen atoms in total. The second-order valence-electron chi connectivity index (χ2n) is 6.86. The summed E-state index contributed by atoms with van der Waals surface area (Å²) in [5.74, 6) is 1.18. The van der Waals surface area contributed by atoms with Gasteiger partial charge in [0.2, 0.25) is 0 Å². The molecule has 3 aliphatic heterocycles. The zero-order valence-electron chi connectivity index (χ0n) is 11.8. The molecule has 5 rings (SSSR count). The normalized spacial score (nSPS) is 40.3. The van der Waals surface area contributed by atoms with Crippen molar-refractivity contribution in [3.8, 4) is 0 Å². The maximum Gasteiger partial charge on any atom is 0.0437 e. The molecule has 1 unspecified atom stereocenters. The Labute approximate surface area is 116 Å². The fourth-order valence-electron chi connectivity index (χ4n) is 5.08. The Balaban J connectivity index is 1.76. The van der Waals surface area contributed by atoms with Crippen molar-refractivity contribution in [3.63, 3.8) is 0 Å². The predicted octanol–water partition coefficient (Wildman–Crippen LogP) is 2.75. The average molecular weight is 256 g/mol. The van der Waals surface area contributed by atoms with Gasteiger partial charge in [0.05, 0.1) is 0 Å². The molecule has 2 bridgehead atoms. The van der Waals surface area contributed by atoms with Gasteiger partial charge in [-0.1, -0.05) is 37.3 Å². The molecule has 2 atom stereocenters. The maximum absolute atomic E-state index is 7.12. The van der Waals surface area contributed by atoms with Crippen molar-refractivity contribution in [2.45, 2.75) is 49.6 Å². The molecule has 1 spiro atoms. The molecule has 19 heavy (non-hydrogen) atoms. The number of hydrogen-bond acceptors (Lipinski definition) is 2. The Bertz CT molecular complexity index is 471. The van der Waals surface area contributed by atoms with E-state index in [0.717, 1.165) is 5.92 Å². The number of rotatable bonds is 2. The molecule has 1 aromatic rings. The molecule has 0 aromatic heterocycles. The van der Waals surface area contributed by atoms with Crippen molar-refractivity contribution < 1.29 is 0 Å². The molecule has 3 heterocycles. The van der Waals surface area contributed by atoms with Crippen molar-refractivity contribution >= 4 is 0 Å². The van der Waals surface area contributed by atoms with Gasteiger partial charge in [-0.3, -0.25) is 4.90 Å². The quantitative estimate of drug-likeness (QED) is 0.881. The monoisotopic (exact) mass is 256 g/mol. The van der Waals surface area contributed by atoms with Crippen LogP contribution < -0.4 is 5.73 Å². The second-order valence-corrected chi connectivity index (χ2v) is 6.86. The van der Waals surface area contributed by atoms with Crippen LogP contribution in [0.15, 0.2) is 30.3 Å². The number of piperidine rings is 3. The van der Waals surface area contributed by atoms with Crippen LogP contribution in [-0.2, 0) is 0 Å². The summed E-state index contributed by atoms with van der Waals surface area (Å²) in [7, 11) is 0. The number of benzene rings is 1. The number of hydrogen-bond donors (Lipinski definition) is 1. The van der Waals surface area contributed by atoms with E-state index in [4.69, 9.17) is 5.73 Å². The Morgan fingerprint density at radius 3 is 2.37 bits per heavy atom. The van der Waals surface area contributed by atoms with Gasteiger partial charge in [0.15, 0.2) is 0 Å². The van der Waals surface area contributed by atoms with E-state index < -0.39 is 0 Å². The lowest BCUT2D eigenvalue weighted by molar-refractivity contribution is -0.0574. The van der Waals surface area contributed by atoms with E-state index in [1.54, 1.807) is 0 Å². The standard InChI is InChI=1S/C17H24N2/c1-13(14-5-3-2-4-6-14)17(18)15-7-11-19(12-8-15)16(17)9-10-16/h2-6,13,15H,7-12,18H2,1H3/t13-,17?/m1/s1. The summed E-state index contributed by atoms with van der Waals surface area (Å²) < 4.78 is 0. The Hall–Kier alpha value is -0.860. The zero-order valence-corrected chi connectivity index (χ0v) is 11.8. The van der Waals surface area contributed by atoms with Gasteiger partial charge in [-0.2, -0.15) is 0 Å². The third kappa shape index (κ3) is 1.39. The fourth-order valence-corrected chi connectivity index (χ4v) is 5.08. The molecule has 4 aliphatic rings.